The quantitative estimate of drug-likeness (QED) is 0.819. The van der Waals surface area contributed by atoms with Crippen LogP contribution in [0, 0.1) is 0 Å². The van der Waals surface area contributed by atoms with Crippen molar-refractivity contribution >= 4 is 10.0 Å². The zero-order chi connectivity index (χ0) is 14.9. The molecule has 0 aromatic carbocycles. The van der Waals surface area contributed by atoms with Gasteiger partial charge in [-0.3, -0.25) is 0 Å². The summed E-state index contributed by atoms with van der Waals surface area (Å²) in [7, 11) is -3.09. The van der Waals surface area contributed by atoms with E-state index in [1.165, 1.54) is 19.1 Å². The van der Waals surface area contributed by atoms with Crippen LogP contribution in [0.4, 0.5) is 0 Å². The molecule has 1 atom stereocenters. The van der Waals surface area contributed by atoms with E-state index in [4.69, 9.17) is 0 Å². The summed E-state index contributed by atoms with van der Waals surface area (Å²) in [6.45, 7) is 3.19. The van der Waals surface area contributed by atoms with Crippen LogP contribution in [0.2, 0.25) is 0 Å². The lowest BCUT2D eigenvalue weighted by atomic mass is 9.97. The van der Waals surface area contributed by atoms with Crippen LogP contribution in [0.25, 0.3) is 0 Å². The Labute approximate surface area is 125 Å². The Kier molecular flexibility index (Phi) is 4.28. The van der Waals surface area contributed by atoms with Crippen LogP contribution >= 0.6 is 0 Å². The summed E-state index contributed by atoms with van der Waals surface area (Å²) < 4.78 is 27.0. The van der Waals surface area contributed by atoms with Gasteiger partial charge in [-0.25, -0.2) is 13.1 Å². The molecule has 118 valence electrons. The largest absolute Gasteiger partial charge is 0.314 e. The number of likely N-dealkylation sites (tertiary alicyclic amines) is 1. The molecule has 2 fully saturated rings. The van der Waals surface area contributed by atoms with Gasteiger partial charge < -0.3 is 9.47 Å². The van der Waals surface area contributed by atoms with Gasteiger partial charge in [0.25, 0.3) is 0 Å². The van der Waals surface area contributed by atoms with Gasteiger partial charge in [-0.1, -0.05) is 0 Å². The molecule has 2 heterocycles. The molecule has 8 heteroatoms. The third-order valence-corrected chi connectivity index (χ3v) is 4.93. The van der Waals surface area contributed by atoms with Crippen molar-refractivity contribution in [2.24, 2.45) is 0 Å². The summed E-state index contributed by atoms with van der Waals surface area (Å²) in [5.41, 5.74) is 0. The predicted molar refractivity (Wildman–Crippen MR) is 79.6 cm³/mol. The predicted octanol–water partition coefficient (Wildman–Crippen LogP) is 0.342. The van der Waals surface area contributed by atoms with Gasteiger partial charge in [-0.15, -0.1) is 10.2 Å². The van der Waals surface area contributed by atoms with Gasteiger partial charge in [-0.05, 0) is 32.2 Å². The van der Waals surface area contributed by atoms with Crippen molar-refractivity contribution in [3.8, 4) is 0 Å². The lowest BCUT2D eigenvalue weighted by molar-refractivity contribution is 0.205. The number of piperidine rings is 1. The Balaban J connectivity index is 1.56. The molecule has 1 aromatic rings. The molecule has 0 amide bonds. The standard InChI is InChI=1S/C13H23N5O2S/c1-21(19,20)15-6-8-17-7-2-3-11(9-17)13-16-14-10-18(13)12-4-5-12/h10-12,15H,2-9H2,1H3. The molecule has 1 unspecified atom stereocenters. The highest BCUT2D eigenvalue weighted by Crippen LogP contribution is 2.37. The average molecular weight is 313 g/mol. The maximum Gasteiger partial charge on any atom is 0.208 e. The van der Waals surface area contributed by atoms with Crippen molar-refractivity contribution in [3.63, 3.8) is 0 Å². The minimum atomic E-state index is -3.09. The molecule has 3 rings (SSSR count). The molecule has 21 heavy (non-hydrogen) atoms. The SMILES string of the molecule is CS(=O)(=O)NCCN1CCCC(c2nncn2C2CC2)C1. The molecular formula is C13H23N5O2S. The van der Waals surface area contributed by atoms with Crippen molar-refractivity contribution in [1.29, 1.82) is 0 Å². The van der Waals surface area contributed by atoms with E-state index in [2.05, 4.69) is 24.4 Å². The van der Waals surface area contributed by atoms with Crippen molar-refractivity contribution < 1.29 is 8.42 Å². The maximum atomic E-state index is 11.1. The molecule has 0 bridgehead atoms. The topological polar surface area (TPSA) is 80.1 Å². The Morgan fingerprint density at radius 1 is 1.38 bits per heavy atom. The molecule has 1 aliphatic heterocycles. The second-order valence-electron chi connectivity index (χ2n) is 6.13. The van der Waals surface area contributed by atoms with Crippen molar-refractivity contribution in [2.45, 2.75) is 37.6 Å². The molecule has 1 aromatic heterocycles. The van der Waals surface area contributed by atoms with Crippen LogP contribution in [0.1, 0.15) is 43.5 Å². The number of hydrogen-bond acceptors (Lipinski definition) is 5. The van der Waals surface area contributed by atoms with E-state index in [-0.39, 0.29) is 0 Å². The smallest absolute Gasteiger partial charge is 0.208 e. The highest BCUT2D eigenvalue weighted by atomic mass is 32.2. The van der Waals surface area contributed by atoms with Crippen LogP contribution in [-0.2, 0) is 10.0 Å². The minimum absolute atomic E-state index is 0.417. The first kappa shape index (κ1) is 14.9. The van der Waals surface area contributed by atoms with E-state index < -0.39 is 10.0 Å². The summed E-state index contributed by atoms with van der Waals surface area (Å²) in [5.74, 6) is 1.53. The van der Waals surface area contributed by atoms with E-state index in [1.54, 1.807) is 0 Å². The lowest BCUT2D eigenvalue weighted by Crippen LogP contribution is -2.40. The van der Waals surface area contributed by atoms with Crippen LogP contribution in [-0.4, -0.2) is 60.5 Å². The fourth-order valence-electron chi connectivity index (χ4n) is 3.04. The second-order valence-corrected chi connectivity index (χ2v) is 7.97. The van der Waals surface area contributed by atoms with Crippen molar-refractivity contribution in [2.75, 3.05) is 32.4 Å². The first-order chi connectivity index (χ1) is 10.0. The third kappa shape index (κ3) is 4.02. The van der Waals surface area contributed by atoms with Gasteiger partial charge in [0.2, 0.25) is 10.0 Å². The van der Waals surface area contributed by atoms with E-state index in [9.17, 15) is 8.42 Å². The van der Waals surface area contributed by atoms with E-state index in [0.29, 0.717) is 18.5 Å². The van der Waals surface area contributed by atoms with Gasteiger partial charge in [0.05, 0.1) is 6.26 Å². The summed E-state index contributed by atoms with van der Waals surface area (Å²) in [4.78, 5) is 2.32. The Bertz CT molecular complexity index is 581. The van der Waals surface area contributed by atoms with E-state index in [1.807, 2.05) is 6.33 Å². The molecule has 1 N–H and O–H groups in total. The highest BCUT2D eigenvalue weighted by Gasteiger charge is 2.31. The molecule has 0 spiro atoms. The summed E-state index contributed by atoms with van der Waals surface area (Å²) >= 11 is 0. The number of rotatable bonds is 6. The Morgan fingerprint density at radius 2 is 2.19 bits per heavy atom. The summed E-state index contributed by atoms with van der Waals surface area (Å²) in [6, 6.07) is 0.609. The monoisotopic (exact) mass is 313 g/mol. The average Bonchev–Trinajstić information content (AvgIpc) is 3.15. The molecular weight excluding hydrogens is 290 g/mol. The molecule has 2 aliphatic rings. The molecule has 1 saturated carbocycles. The first-order valence-electron chi connectivity index (χ1n) is 7.59. The van der Waals surface area contributed by atoms with E-state index >= 15 is 0 Å². The number of nitrogens with one attached hydrogen (secondary N) is 1. The van der Waals surface area contributed by atoms with Crippen LogP contribution in [0.5, 0.6) is 0 Å². The fourth-order valence-corrected chi connectivity index (χ4v) is 3.50. The third-order valence-electron chi connectivity index (χ3n) is 4.20. The first-order valence-corrected chi connectivity index (χ1v) is 9.48. The Hall–Kier alpha value is -0.990. The number of aromatic nitrogens is 3. The highest BCUT2D eigenvalue weighted by molar-refractivity contribution is 7.88. The Morgan fingerprint density at radius 3 is 2.90 bits per heavy atom. The molecule has 0 radical (unpaired) electrons. The van der Waals surface area contributed by atoms with Crippen molar-refractivity contribution in [3.05, 3.63) is 12.2 Å². The summed E-state index contributed by atoms with van der Waals surface area (Å²) in [5, 5.41) is 8.41. The van der Waals surface area contributed by atoms with Gasteiger partial charge in [0.1, 0.15) is 12.2 Å². The maximum absolute atomic E-state index is 11.1. The molecule has 7 nitrogen and oxygen atoms in total. The van der Waals surface area contributed by atoms with Crippen LogP contribution in [0.3, 0.4) is 0 Å². The number of nitrogens with zero attached hydrogens (tertiary/aromatic N) is 4. The van der Waals surface area contributed by atoms with Crippen LogP contribution < -0.4 is 4.72 Å². The summed E-state index contributed by atoms with van der Waals surface area (Å²) in [6.07, 6.45) is 7.79. The lowest BCUT2D eigenvalue weighted by Gasteiger charge is -2.32. The van der Waals surface area contributed by atoms with Gasteiger partial charge in [0.15, 0.2) is 0 Å². The number of hydrogen-bond donors (Lipinski definition) is 1. The van der Waals surface area contributed by atoms with Gasteiger partial charge in [0, 0.05) is 31.6 Å². The normalized spacial score (nSPS) is 24.3. The van der Waals surface area contributed by atoms with Crippen LogP contribution in [0.15, 0.2) is 6.33 Å². The van der Waals surface area contributed by atoms with Crippen molar-refractivity contribution in [1.82, 2.24) is 24.4 Å². The van der Waals surface area contributed by atoms with Gasteiger partial charge in [-0.2, -0.15) is 0 Å². The minimum Gasteiger partial charge on any atom is -0.314 e. The molecule has 1 saturated heterocycles. The number of sulfonamides is 1. The fraction of sp³-hybridized carbons (Fsp3) is 0.846. The second kappa shape index (κ2) is 6.02. The van der Waals surface area contributed by atoms with E-state index in [0.717, 1.165) is 38.3 Å². The van der Waals surface area contributed by atoms with Gasteiger partial charge >= 0.3 is 0 Å². The zero-order valence-electron chi connectivity index (χ0n) is 12.4. The molecule has 1 aliphatic carbocycles. The zero-order valence-corrected chi connectivity index (χ0v) is 13.2.